The van der Waals surface area contributed by atoms with Crippen LogP contribution >= 0.6 is 22.9 Å². The number of hydrogen-bond donors (Lipinski definition) is 2. The van der Waals surface area contributed by atoms with Gasteiger partial charge >= 0.3 is 5.69 Å². The Kier molecular flexibility index (Phi) is 4.58. The van der Waals surface area contributed by atoms with Crippen molar-refractivity contribution in [2.24, 2.45) is 7.05 Å². The van der Waals surface area contributed by atoms with Crippen LogP contribution in [-0.2, 0) is 7.05 Å². The second-order valence-electron chi connectivity index (χ2n) is 6.02. The highest BCUT2D eigenvalue weighted by Crippen LogP contribution is 2.35. The molecule has 0 aliphatic rings. The average molecular weight is 413 g/mol. The number of H-pyrrole nitrogens is 1. The molecule has 0 unspecified atom stereocenters. The smallest absolute Gasteiger partial charge is 0.321 e. The van der Waals surface area contributed by atoms with Crippen LogP contribution in [-0.4, -0.2) is 20.4 Å². The number of aromatic nitrogens is 3. The third-order valence-electron chi connectivity index (χ3n) is 4.14. The first-order chi connectivity index (χ1) is 13.4. The molecule has 0 aliphatic heterocycles. The lowest BCUT2D eigenvalue weighted by molar-refractivity contribution is 0.102. The van der Waals surface area contributed by atoms with E-state index in [9.17, 15) is 14.4 Å². The van der Waals surface area contributed by atoms with Crippen molar-refractivity contribution < 1.29 is 4.79 Å². The number of anilines is 1. The van der Waals surface area contributed by atoms with Gasteiger partial charge in [-0.2, -0.15) is 0 Å². The van der Waals surface area contributed by atoms with Crippen molar-refractivity contribution in [3.8, 4) is 10.6 Å². The fraction of sp³-hybridized carbons (Fsp3) is 0.0526. The highest BCUT2D eigenvalue weighted by molar-refractivity contribution is 7.21. The molecule has 0 saturated heterocycles. The highest BCUT2D eigenvalue weighted by atomic mass is 35.5. The summed E-state index contributed by atoms with van der Waals surface area (Å²) in [5.74, 6) is -0.604. The standard InChI is InChI=1S/C19H13ClN4O3S/c1-24-16(25)9-14(23-19(24)27)17(26)21-10-6-7-12(20)11(8-10)18-22-13-4-2-3-5-15(13)28-18/h2-9H,1H3,(H,21,26)(H,23,27). The number of rotatable bonds is 3. The quantitative estimate of drug-likeness (QED) is 0.539. The minimum Gasteiger partial charge on any atom is -0.321 e. The minimum absolute atomic E-state index is 0.121. The molecule has 4 aromatic rings. The van der Waals surface area contributed by atoms with E-state index in [1.165, 1.54) is 18.4 Å². The van der Waals surface area contributed by atoms with E-state index in [-0.39, 0.29) is 5.69 Å². The zero-order chi connectivity index (χ0) is 19.8. The number of carbonyl (C=O) groups excluding carboxylic acids is 1. The Morgan fingerprint density at radius 3 is 2.71 bits per heavy atom. The summed E-state index contributed by atoms with van der Waals surface area (Å²) < 4.78 is 1.91. The molecular weight excluding hydrogens is 400 g/mol. The lowest BCUT2D eigenvalue weighted by Gasteiger charge is -2.08. The molecule has 7 nitrogen and oxygen atoms in total. The number of aromatic amines is 1. The molecular formula is C19H13ClN4O3S. The Balaban J connectivity index is 1.68. The maximum Gasteiger partial charge on any atom is 0.328 e. The van der Waals surface area contributed by atoms with Crippen LogP contribution in [0, 0.1) is 0 Å². The molecule has 2 N–H and O–H groups in total. The van der Waals surface area contributed by atoms with E-state index < -0.39 is 17.2 Å². The Hall–Kier alpha value is -3.23. The Morgan fingerprint density at radius 2 is 1.96 bits per heavy atom. The number of nitrogens with zero attached hydrogens (tertiary/aromatic N) is 2. The molecule has 140 valence electrons. The first-order valence-electron chi connectivity index (χ1n) is 8.19. The first kappa shape index (κ1) is 18.1. The number of benzene rings is 2. The van der Waals surface area contributed by atoms with Crippen LogP contribution < -0.4 is 16.6 Å². The lowest BCUT2D eigenvalue weighted by Crippen LogP contribution is -2.34. The molecule has 0 radical (unpaired) electrons. The number of fused-ring (bicyclic) bond motifs is 1. The molecule has 4 rings (SSSR count). The topological polar surface area (TPSA) is 96.8 Å². The van der Waals surface area contributed by atoms with Gasteiger partial charge in [-0.3, -0.25) is 14.2 Å². The van der Waals surface area contributed by atoms with E-state index in [1.54, 1.807) is 18.2 Å². The SMILES string of the molecule is Cn1c(=O)cc(C(=O)Nc2ccc(Cl)c(-c3nc4ccccc4s3)c2)[nH]c1=O. The summed E-state index contributed by atoms with van der Waals surface area (Å²) in [7, 11) is 1.33. The second kappa shape index (κ2) is 7.06. The van der Waals surface area contributed by atoms with Gasteiger partial charge in [0.15, 0.2) is 0 Å². The number of carbonyl (C=O) groups is 1. The van der Waals surface area contributed by atoms with Gasteiger partial charge in [-0.05, 0) is 30.3 Å². The molecule has 2 aromatic heterocycles. The molecule has 28 heavy (non-hydrogen) atoms. The Bertz CT molecular complexity index is 1270. The van der Waals surface area contributed by atoms with E-state index >= 15 is 0 Å². The van der Waals surface area contributed by atoms with Gasteiger partial charge in [0.2, 0.25) is 0 Å². The predicted molar refractivity (Wildman–Crippen MR) is 110 cm³/mol. The van der Waals surface area contributed by atoms with Crippen molar-refractivity contribution in [3.63, 3.8) is 0 Å². The number of halogens is 1. The van der Waals surface area contributed by atoms with Crippen LogP contribution in [0.4, 0.5) is 5.69 Å². The van der Waals surface area contributed by atoms with Gasteiger partial charge in [0.05, 0.1) is 15.2 Å². The van der Waals surface area contributed by atoms with Crippen molar-refractivity contribution in [2.45, 2.75) is 0 Å². The number of amides is 1. The van der Waals surface area contributed by atoms with Crippen molar-refractivity contribution in [1.82, 2.24) is 14.5 Å². The summed E-state index contributed by atoms with van der Waals surface area (Å²) in [6, 6.07) is 13.8. The fourth-order valence-corrected chi connectivity index (χ4v) is 3.89. The van der Waals surface area contributed by atoms with Crippen LogP contribution in [0.1, 0.15) is 10.5 Å². The molecule has 0 spiro atoms. The number of para-hydroxylation sites is 1. The molecule has 0 bridgehead atoms. The van der Waals surface area contributed by atoms with Crippen molar-refractivity contribution in [1.29, 1.82) is 0 Å². The van der Waals surface area contributed by atoms with Crippen LogP contribution in [0.3, 0.4) is 0 Å². The molecule has 9 heteroatoms. The molecule has 0 fully saturated rings. The van der Waals surface area contributed by atoms with Crippen LogP contribution in [0.25, 0.3) is 20.8 Å². The maximum absolute atomic E-state index is 12.4. The maximum atomic E-state index is 12.4. The summed E-state index contributed by atoms with van der Waals surface area (Å²) in [5, 5.41) is 3.89. The van der Waals surface area contributed by atoms with E-state index in [0.29, 0.717) is 16.3 Å². The van der Waals surface area contributed by atoms with Gasteiger partial charge in [-0.25, -0.2) is 9.78 Å². The zero-order valence-electron chi connectivity index (χ0n) is 14.5. The fourth-order valence-electron chi connectivity index (χ4n) is 2.63. The zero-order valence-corrected chi connectivity index (χ0v) is 16.1. The van der Waals surface area contributed by atoms with Gasteiger partial charge < -0.3 is 10.3 Å². The van der Waals surface area contributed by atoms with Gasteiger partial charge in [-0.15, -0.1) is 11.3 Å². The monoisotopic (exact) mass is 412 g/mol. The molecule has 0 saturated carbocycles. The van der Waals surface area contributed by atoms with E-state index in [2.05, 4.69) is 15.3 Å². The lowest BCUT2D eigenvalue weighted by atomic mass is 10.2. The average Bonchev–Trinajstić information content (AvgIpc) is 3.11. The van der Waals surface area contributed by atoms with E-state index in [4.69, 9.17) is 11.6 Å². The summed E-state index contributed by atoms with van der Waals surface area (Å²) in [5.41, 5.74) is 0.655. The Morgan fingerprint density at radius 1 is 1.18 bits per heavy atom. The van der Waals surface area contributed by atoms with Crippen molar-refractivity contribution in [2.75, 3.05) is 5.32 Å². The minimum atomic E-state index is -0.663. The second-order valence-corrected chi connectivity index (χ2v) is 7.46. The Labute approximate surface area is 167 Å². The third-order valence-corrected chi connectivity index (χ3v) is 5.54. The van der Waals surface area contributed by atoms with E-state index in [1.807, 2.05) is 24.3 Å². The largest absolute Gasteiger partial charge is 0.328 e. The molecule has 0 aliphatic carbocycles. The molecule has 2 heterocycles. The third kappa shape index (κ3) is 3.35. The molecule has 1 amide bonds. The normalized spacial score (nSPS) is 10.9. The van der Waals surface area contributed by atoms with Crippen LogP contribution in [0.5, 0.6) is 0 Å². The van der Waals surface area contributed by atoms with Gasteiger partial charge in [0, 0.05) is 24.4 Å². The number of nitrogens with one attached hydrogen (secondary N) is 2. The molecule has 2 aromatic carbocycles. The first-order valence-corrected chi connectivity index (χ1v) is 9.39. The number of hydrogen-bond acceptors (Lipinski definition) is 5. The summed E-state index contributed by atoms with van der Waals surface area (Å²) >= 11 is 7.83. The van der Waals surface area contributed by atoms with E-state index in [0.717, 1.165) is 25.9 Å². The van der Waals surface area contributed by atoms with Gasteiger partial charge in [0.25, 0.3) is 11.5 Å². The molecule has 0 atom stereocenters. The predicted octanol–water partition coefficient (Wildman–Crippen LogP) is 3.26. The summed E-state index contributed by atoms with van der Waals surface area (Å²) in [4.78, 5) is 42.8. The van der Waals surface area contributed by atoms with Crippen LogP contribution in [0.2, 0.25) is 5.02 Å². The summed E-state index contributed by atoms with van der Waals surface area (Å²) in [6.07, 6.45) is 0. The van der Waals surface area contributed by atoms with Gasteiger partial charge in [0.1, 0.15) is 10.7 Å². The van der Waals surface area contributed by atoms with Crippen molar-refractivity contribution >= 4 is 44.7 Å². The summed E-state index contributed by atoms with van der Waals surface area (Å²) in [6.45, 7) is 0. The van der Waals surface area contributed by atoms with Crippen LogP contribution in [0.15, 0.2) is 58.1 Å². The number of thiazole rings is 1. The van der Waals surface area contributed by atoms with Gasteiger partial charge in [-0.1, -0.05) is 23.7 Å². The van der Waals surface area contributed by atoms with Crippen molar-refractivity contribution in [3.05, 3.63) is 80.1 Å². The highest BCUT2D eigenvalue weighted by Gasteiger charge is 2.14.